The van der Waals surface area contributed by atoms with E-state index >= 15 is 0 Å². The maximum absolute atomic E-state index is 13.1. The third kappa shape index (κ3) is 22.9. The summed E-state index contributed by atoms with van der Waals surface area (Å²) in [6, 6.07) is 39.3. The standard InChI is InChI=1S/C20H27FN2.2C19H30N2.C18H26ClN3O2.C17H23ClN2/c21-18-1-3-19(4-2-18)22-5-7-23(8-6-22)20-16-10-14-9-15(12-16)13-17(20)11-14;1-15-5-4-6-18(13-15)20-9-11-21(12-10-20)19-14-16(2)7-8-17(19)3;1-16-8-9-17(2)19(14-16)21-12-10-20(11-13-21)15-18-6-4-3-5-7-18;1-2-24-18(23)22-8-6-16(7-9-22)20-10-12-21(13-11-20)17-5-3-4-15(19)14-17;18-16-8-4-5-9-17(16)20-12-10-19(11-13-20)14-15-6-2-1-3-7-15/h1-4,14-17,20H,5-13H2;7-8,14-15,18H,4-6,9-13H2,1-3H3;8-9,14,18H,3-7,10-13,15H2,1-2H3;3-5,14,16H,2,6-13H2,1H3;1-2,4-5,8-9,15H,3,6-7,10-14H2. The van der Waals surface area contributed by atoms with Crippen LogP contribution >= 0.6 is 23.2 Å². The van der Waals surface area contributed by atoms with Crippen molar-refractivity contribution in [2.24, 2.45) is 41.4 Å². The lowest BCUT2D eigenvalue weighted by molar-refractivity contribution is -0.0665. The van der Waals surface area contributed by atoms with E-state index in [1.54, 1.807) is 12.1 Å². The molecule has 16 heteroatoms. The van der Waals surface area contributed by atoms with Gasteiger partial charge in [0.1, 0.15) is 5.82 Å². The molecule has 7 aliphatic carbocycles. The van der Waals surface area contributed by atoms with E-state index in [4.69, 9.17) is 27.9 Å². The number of aryl methyl sites for hydroxylation is 4. The predicted octanol–water partition coefficient (Wildman–Crippen LogP) is 18.7. The van der Waals surface area contributed by atoms with E-state index in [0.717, 1.165) is 155 Å². The number of carbonyl (C=O) groups is 1. The van der Waals surface area contributed by atoms with Gasteiger partial charge in [0.05, 0.1) is 17.3 Å². The summed E-state index contributed by atoms with van der Waals surface area (Å²) < 4.78 is 18.2. The maximum atomic E-state index is 13.1. The van der Waals surface area contributed by atoms with Gasteiger partial charge in [0.15, 0.2) is 0 Å². The normalized spacial score (nSPS) is 26.8. The highest BCUT2D eigenvalue weighted by atomic mass is 35.5. The molecule has 109 heavy (non-hydrogen) atoms. The highest BCUT2D eigenvalue weighted by Gasteiger charge is 2.50. The first-order valence-corrected chi connectivity index (χ1v) is 44.3. The molecule has 0 radical (unpaired) electrons. The van der Waals surface area contributed by atoms with E-state index in [-0.39, 0.29) is 11.9 Å². The molecule has 12 fully saturated rings. The fourth-order valence-electron chi connectivity index (χ4n) is 21.4. The molecule has 13 nitrogen and oxygen atoms in total. The highest BCUT2D eigenvalue weighted by Crippen LogP contribution is 2.55. The Morgan fingerprint density at radius 1 is 0.450 bits per heavy atom. The van der Waals surface area contributed by atoms with Crippen molar-refractivity contribution in [3.63, 3.8) is 0 Å². The molecule has 6 aliphatic heterocycles. The second-order valence-electron chi connectivity index (χ2n) is 35.1. The number of halogens is 3. The Morgan fingerprint density at radius 3 is 1.53 bits per heavy atom. The number of hydrogen-bond donors (Lipinski definition) is 0. The number of rotatable bonds is 13. The topological polar surface area (TPSA) is 61.9 Å². The molecule has 6 saturated carbocycles. The molecule has 5 aromatic carbocycles. The lowest BCUT2D eigenvalue weighted by Crippen LogP contribution is -2.60. The largest absolute Gasteiger partial charge is 0.450 e. The molecule has 13 aliphatic rings. The summed E-state index contributed by atoms with van der Waals surface area (Å²) in [5, 5.41) is 1.67. The van der Waals surface area contributed by atoms with E-state index in [2.05, 4.69) is 150 Å². The monoisotopic (exact) mass is 1530 g/mol. The van der Waals surface area contributed by atoms with E-state index in [1.165, 1.54) is 238 Å². The van der Waals surface area contributed by atoms with E-state index in [1.807, 2.05) is 54.3 Å². The van der Waals surface area contributed by atoms with Gasteiger partial charge in [0, 0.05) is 203 Å². The molecule has 5 aromatic rings. The Hall–Kier alpha value is -5.58. The van der Waals surface area contributed by atoms with Gasteiger partial charge in [-0.2, -0.15) is 0 Å². The first-order valence-electron chi connectivity index (χ1n) is 43.5. The molecule has 1 amide bonds. The Labute approximate surface area is 667 Å². The molecule has 0 spiro atoms. The van der Waals surface area contributed by atoms with Crippen LogP contribution in [0.3, 0.4) is 0 Å². The fraction of sp³-hybridized carbons (Fsp3) is 0.645. The fourth-order valence-corrected chi connectivity index (χ4v) is 21.9. The molecular weight excluding hydrogens is 1390 g/mol. The maximum Gasteiger partial charge on any atom is 0.409 e. The van der Waals surface area contributed by atoms with Gasteiger partial charge in [-0.1, -0.05) is 117 Å². The Morgan fingerprint density at radius 2 is 0.982 bits per heavy atom. The summed E-state index contributed by atoms with van der Waals surface area (Å²) in [5.41, 5.74) is 12.1. The average Bonchev–Trinajstić information content (AvgIpc) is 0.750. The number of amides is 1. The van der Waals surface area contributed by atoms with Crippen molar-refractivity contribution in [1.29, 1.82) is 0 Å². The van der Waals surface area contributed by atoms with Gasteiger partial charge in [-0.05, 0) is 255 Å². The van der Waals surface area contributed by atoms with Gasteiger partial charge in [-0.3, -0.25) is 24.5 Å². The van der Waals surface area contributed by atoms with Crippen molar-refractivity contribution >= 4 is 57.7 Å². The average molecular weight is 1530 g/mol. The minimum Gasteiger partial charge on any atom is -0.450 e. The number of anilines is 5. The number of carbonyl (C=O) groups excluding carboxylic acids is 1. The summed E-state index contributed by atoms with van der Waals surface area (Å²) in [6.07, 6.45) is 31.1. The molecule has 3 unspecified atom stereocenters. The third-order valence-electron chi connectivity index (χ3n) is 27.3. The van der Waals surface area contributed by atoms with Crippen LogP contribution in [0, 0.1) is 74.9 Å². The molecule has 0 aromatic heterocycles. The SMILES string of the molecule is CCOC(=O)N1CCC(N2CCN(c3cccc(Cl)c3)CC2)CC1.Cc1ccc(C)c(N2CCN(C3CCCC(C)C3)CC2)c1.Cc1ccc(C)c(N2CCN(CC3CCCCC3)CC2)c1.Clc1ccccc1N1CCN(CC2CC=CCC2)CC1.Fc1ccc(N2CCN(C3C4CC5CC(C4)CC3C5)CC2)cc1. The number of likely N-dealkylation sites (tertiary alicyclic amines) is 1. The van der Waals surface area contributed by atoms with E-state index < -0.39 is 0 Å². The summed E-state index contributed by atoms with van der Waals surface area (Å²) in [6.45, 7) is 40.8. The molecule has 6 saturated heterocycles. The number of hydrogen-bond acceptors (Lipinski definition) is 12. The molecule has 18 rings (SSSR count). The first kappa shape index (κ1) is 81.4. The van der Waals surface area contributed by atoms with Crippen LogP contribution in [0.5, 0.6) is 0 Å². The smallest absolute Gasteiger partial charge is 0.409 e. The van der Waals surface area contributed by atoms with Gasteiger partial charge < -0.3 is 34.1 Å². The van der Waals surface area contributed by atoms with Crippen LogP contribution in [0.4, 0.5) is 37.6 Å². The first-order chi connectivity index (χ1) is 53.1. The highest BCUT2D eigenvalue weighted by molar-refractivity contribution is 6.33. The zero-order valence-electron chi connectivity index (χ0n) is 67.8. The lowest BCUT2D eigenvalue weighted by atomic mass is 9.54. The van der Waals surface area contributed by atoms with Crippen LogP contribution in [0.25, 0.3) is 0 Å². The summed E-state index contributed by atoms with van der Waals surface area (Å²) in [7, 11) is 0. The van der Waals surface area contributed by atoms with Crippen LogP contribution in [0.15, 0.2) is 121 Å². The van der Waals surface area contributed by atoms with E-state index in [0.29, 0.717) is 12.6 Å². The quantitative estimate of drug-likeness (QED) is 0.106. The van der Waals surface area contributed by atoms with Gasteiger partial charge in [0.25, 0.3) is 0 Å². The van der Waals surface area contributed by atoms with Gasteiger partial charge in [0.2, 0.25) is 0 Å². The number of piperazine rings is 5. The minimum absolute atomic E-state index is 0.138. The van der Waals surface area contributed by atoms with E-state index in [9.17, 15) is 9.18 Å². The predicted molar refractivity (Wildman–Crippen MR) is 457 cm³/mol. The van der Waals surface area contributed by atoms with Gasteiger partial charge in [-0.15, -0.1) is 0 Å². The molecule has 0 N–H and O–H groups in total. The number of benzene rings is 5. The van der Waals surface area contributed by atoms with Crippen LogP contribution in [-0.2, 0) is 4.74 Å². The van der Waals surface area contributed by atoms with Crippen molar-refractivity contribution in [2.75, 3.05) is 188 Å². The van der Waals surface area contributed by atoms with Crippen LogP contribution < -0.4 is 24.5 Å². The number of para-hydroxylation sites is 1. The number of allylic oxidation sites excluding steroid dienone is 2. The van der Waals surface area contributed by atoms with Crippen LogP contribution in [0.2, 0.25) is 10.0 Å². The number of nitrogens with zero attached hydrogens (tertiary/aromatic N) is 11. The zero-order chi connectivity index (χ0) is 75.6. The van der Waals surface area contributed by atoms with Gasteiger partial charge >= 0.3 is 6.09 Å². The van der Waals surface area contributed by atoms with Crippen LogP contribution in [0.1, 0.15) is 158 Å². The van der Waals surface area contributed by atoms with Gasteiger partial charge in [-0.25, -0.2) is 9.18 Å². The van der Waals surface area contributed by atoms with Crippen molar-refractivity contribution in [3.05, 3.63) is 159 Å². The number of ether oxygens (including phenoxy) is 1. The van der Waals surface area contributed by atoms with Crippen molar-refractivity contribution in [3.8, 4) is 0 Å². The Balaban J connectivity index is 0.000000120. The molecular formula is C93H136Cl2FN11O2. The lowest BCUT2D eigenvalue weighted by Gasteiger charge is -2.58. The molecule has 4 bridgehead atoms. The summed E-state index contributed by atoms with van der Waals surface area (Å²) in [4.78, 5) is 39.5. The minimum atomic E-state index is -0.165. The number of piperidine rings is 1. The van der Waals surface area contributed by atoms with Crippen molar-refractivity contribution < 1.29 is 13.9 Å². The summed E-state index contributed by atoms with van der Waals surface area (Å²) >= 11 is 12.4. The zero-order valence-corrected chi connectivity index (χ0v) is 69.3. The second kappa shape index (κ2) is 40.4. The molecule has 6 heterocycles. The Kier molecular flexibility index (Phi) is 30.2. The second-order valence-corrected chi connectivity index (χ2v) is 35.9. The van der Waals surface area contributed by atoms with Crippen molar-refractivity contribution in [2.45, 2.75) is 182 Å². The van der Waals surface area contributed by atoms with Crippen LogP contribution in [-0.4, -0.2) is 217 Å². The third-order valence-corrected chi connectivity index (χ3v) is 27.9. The summed E-state index contributed by atoms with van der Waals surface area (Å²) in [5.74, 6) is 6.75. The Bertz CT molecular complexity index is 3570. The molecule has 596 valence electrons. The molecule has 3 atom stereocenters. The van der Waals surface area contributed by atoms with Crippen molar-refractivity contribution in [1.82, 2.24) is 29.4 Å².